The van der Waals surface area contributed by atoms with Gasteiger partial charge in [-0.1, -0.05) is 91.0 Å². The van der Waals surface area contributed by atoms with E-state index in [0.717, 1.165) is 19.4 Å². The van der Waals surface area contributed by atoms with Gasteiger partial charge in [-0.3, -0.25) is 0 Å². The summed E-state index contributed by atoms with van der Waals surface area (Å²) >= 11 is 0. The summed E-state index contributed by atoms with van der Waals surface area (Å²) in [5, 5.41) is 3.69. The van der Waals surface area contributed by atoms with E-state index in [1.807, 2.05) is 0 Å². The molecule has 0 spiro atoms. The zero-order valence-corrected chi connectivity index (χ0v) is 16.2. The Morgan fingerprint density at radius 2 is 1.37 bits per heavy atom. The van der Waals surface area contributed by atoms with Gasteiger partial charge in [0, 0.05) is 17.8 Å². The fraction of sp³-hybridized carbons (Fsp3) is 0.231. The van der Waals surface area contributed by atoms with Crippen LogP contribution in [-0.4, -0.2) is 6.54 Å². The minimum absolute atomic E-state index is 0.946. The lowest BCUT2D eigenvalue weighted by atomic mass is 10.0. The van der Waals surface area contributed by atoms with Crippen LogP contribution in [-0.2, 0) is 12.8 Å². The quantitative estimate of drug-likeness (QED) is 0.451. The molecule has 0 fully saturated rings. The molecule has 0 aliphatic carbocycles. The van der Waals surface area contributed by atoms with E-state index in [1.54, 1.807) is 0 Å². The molecule has 1 heteroatoms. The van der Waals surface area contributed by atoms with Gasteiger partial charge in [0.25, 0.3) is 0 Å². The van der Waals surface area contributed by atoms with Crippen molar-refractivity contribution in [2.24, 2.45) is 0 Å². The van der Waals surface area contributed by atoms with E-state index in [0.29, 0.717) is 0 Å². The summed E-state index contributed by atoms with van der Waals surface area (Å²) in [6, 6.07) is 30.0. The van der Waals surface area contributed by atoms with Crippen molar-refractivity contribution in [1.29, 1.82) is 0 Å². The van der Waals surface area contributed by atoms with Crippen LogP contribution in [0.3, 0.4) is 0 Å². The van der Waals surface area contributed by atoms with Crippen molar-refractivity contribution in [2.45, 2.75) is 32.6 Å². The molecule has 1 N–H and O–H groups in total. The van der Waals surface area contributed by atoms with Crippen LogP contribution in [0.2, 0.25) is 0 Å². The highest BCUT2D eigenvalue weighted by molar-refractivity contribution is 5.66. The zero-order valence-electron chi connectivity index (χ0n) is 16.2. The van der Waals surface area contributed by atoms with Crippen LogP contribution in [0.1, 0.15) is 35.1 Å². The molecular weight excluding hydrogens is 326 g/mol. The number of aryl methyl sites for hydroxylation is 2. The van der Waals surface area contributed by atoms with Gasteiger partial charge in [-0.2, -0.15) is 0 Å². The predicted molar refractivity (Wildman–Crippen MR) is 117 cm³/mol. The second-order valence-corrected chi connectivity index (χ2v) is 6.99. The Hall–Kier alpha value is -2.80. The van der Waals surface area contributed by atoms with E-state index < -0.39 is 0 Å². The summed E-state index contributed by atoms with van der Waals surface area (Å²) in [4.78, 5) is 0. The number of benzene rings is 3. The lowest BCUT2D eigenvalue weighted by molar-refractivity contribution is 0.701. The maximum Gasteiger partial charge on any atom is 0.0379 e. The van der Waals surface area contributed by atoms with Crippen LogP contribution in [0.5, 0.6) is 0 Å². The molecule has 0 atom stereocenters. The van der Waals surface area contributed by atoms with Crippen molar-refractivity contribution in [3.8, 4) is 0 Å². The van der Waals surface area contributed by atoms with E-state index in [9.17, 15) is 0 Å². The van der Waals surface area contributed by atoms with Gasteiger partial charge in [0.05, 0.1) is 0 Å². The molecule has 0 unspecified atom stereocenters. The topological polar surface area (TPSA) is 12.0 Å². The molecule has 138 valence electrons. The van der Waals surface area contributed by atoms with Crippen LogP contribution in [0.4, 0.5) is 0 Å². The standard InChI is InChI=1S/C26H29N/c1-22-12-8-9-18-25(22)26(20-19-24-15-6-3-7-16-24)27-21-11-10-17-23-13-4-2-5-14-23/h2-9,12-16,18,20,27H,10-11,17,19,21H2,1H3/b26-20+. The third-order valence-corrected chi connectivity index (χ3v) is 4.87. The van der Waals surface area contributed by atoms with Crippen molar-refractivity contribution in [3.63, 3.8) is 0 Å². The SMILES string of the molecule is Cc1ccccc1/C(=C\Cc1ccccc1)NCCCCc1ccccc1. The van der Waals surface area contributed by atoms with Crippen LogP contribution in [0.25, 0.3) is 5.70 Å². The predicted octanol–water partition coefficient (Wildman–Crippen LogP) is 6.19. The number of hydrogen-bond donors (Lipinski definition) is 1. The minimum atomic E-state index is 0.946. The van der Waals surface area contributed by atoms with Crippen LogP contribution in [0, 0.1) is 6.92 Å². The van der Waals surface area contributed by atoms with Gasteiger partial charge in [-0.05, 0) is 49.3 Å². The summed E-state index contributed by atoms with van der Waals surface area (Å²) in [6.07, 6.45) is 6.80. The van der Waals surface area contributed by atoms with Crippen molar-refractivity contribution in [1.82, 2.24) is 5.32 Å². The van der Waals surface area contributed by atoms with Crippen molar-refractivity contribution >= 4 is 5.70 Å². The Kier molecular flexibility index (Phi) is 7.29. The molecule has 0 saturated carbocycles. The van der Waals surface area contributed by atoms with Gasteiger partial charge in [-0.25, -0.2) is 0 Å². The highest BCUT2D eigenvalue weighted by Crippen LogP contribution is 2.18. The molecule has 3 aromatic rings. The molecule has 0 aliphatic rings. The lowest BCUT2D eigenvalue weighted by Crippen LogP contribution is -2.15. The van der Waals surface area contributed by atoms with Gasteiger partial charge < -0.3 is 5.32 Å². The molecular formula is C26H29N. The normalized spacial score (nSPS) is 11.4. The summed E-state index contributed by atoms with van der Waals surface area (Å²) in [5.41, 5.74) is 6.63. The largest absolute Gasteiger partial charge is 0.385 e. The van der Waals surface area contributed by atoms with Crippen molar-refractivity contribution in [3.05, 3.63) is 113 Å². The monoisotopic (exact) mass is 355 g/mol. The van der Waals surface area contributed by atoms with Gasteiger partial charge in [0.1, 0.15) is 0 Å². The van der Waals surface area contributed by atoms with E-state index in [2.05, 4.69) is 103 Å². The first kappa shape index (κ1) is 19.0. The maximum absolute atomic E-state index is 3.69. The van der Waals surface area contributed by atoms with Gasteiger partial charge in [-0.15, -0.1) is 0 Å². The third-order valence-electron chi connectivity index (χ3n) is 4.87. The highest BCUT2D eigenvalue weighted by atomic mass is 14.9. The fourth-order valence-electron chi connectivity index (χ4n) is 3.31. The smallest absolute Gasteiger partial charge is 0.0379 e. The average molecular weight is 356 g/mol. The van der Waals surface area contributed by atoms with E-state index in [4.69, 9.17) is 0 Å². The zero-order chi connectivity index (χ0) is 18.7. The van der Waals surface area contributed by atoms with Crippen LogP contribution in [0.15, 0.2) is 91.0 Å². The molecule has 0 radical (unpaired) electrons. The number of unbranched alkanes of at least 4 members (excludes halogenated alkanes) is 1. The first-order chi connectivity index (χ1) is 13.3. The molecule has 0 heterocycles. The Morgan fingerprint density at radius 3 is 2.07 bits per heavy atom. The summed E-state index contributed by atoms with van der Waals surface area (Å²) in [6.45, 7) is 3.19. The van der Waals surface area contributed by atoms with Gasteiger partial charge in [0.15, 0.2) is 0 Å². The second-order valence-electron chi connectivity index (χ2n) is 6.99. The molecule has 27 heavy (non-hydrogen) atoms. The molecule has 0 amide bonds. The number of allylic oxidation sites excluding steroid dienone is 1. The second kappa shape index (κ2) is 10.4. The van der Waals surface area contributed by atoms with Crippen molar-refractivity contribution in [2.75, 3.05) is 6.54 Å². The molecule has 1 nitrogen and oxygen atoms in total. The number of hydrogen-bond acceptors (Lipinski definition) is 1. The molecule has 0 aromatic heterocycles. The average Bonchev–Trinajstić information content (AvgIpc) is 2.72. The molecule has 0 aliphatic heterocycles. The first-order valence-corrected chi connectivity index (χ1v) is 9.91. The molecule has 3 aromatic carbocycles. The van der Waals surface area contributed by atoms with Gasteiger partial charge in [0.2, 0.25) is 0 Å². The minimum Gasteiger partial charge on any atom is -0.385 e. The summed E-state index contributed by atoms with van der Waals surface area (Å²) < 4.78 is 0. The van der Waals surface area contributed by atoms with E-state index in [1.165, 1.54) is 40.8 Å². The summed E-state index contributed by atoms with van der Waals surface area (Å²) in [5.74, 6) is 0. The van der Waals surface area contributed by atoms with Crippen molar-refractivity contribution < 1.29 is 0 Å². The third kappa shape index (κ3) is 6.14. The molecule has 0 bridgehead atoms. The summed E-state index contributed by atoms with van der Waals surface area (Å²) in [7, 11) is 0. The van der Waals surface area contributed by atoms with E-state index >= 15 is 0 Å². The highest BCUT2D eigenvalue weighted by Gasteiger charge is 2.04. The first-order valence-electron chi connectivity index (χ1n) is 9.91. The lowest BCUT2D eigenvalue weighted by Gasteiger charge is -2.14. The van der Waals surface area contributed by atoms with Crippen LogP contribution < -0.4 is 5.32 Å². The number of rotatable bonds is 9. The van der Waals surface area contributed by atoms with Crippen LogP contribution >= 0.6 is 0 Å². The maximum atomic E-state index is 3.69. The Morgan fingerprint density at radius 1 is 0.741 bits per heavy atom. The Bertz CT molecular complexity index is 834. The number of nitrogens with one attached hydrogen (secondary N) is 1. The molecule has 3 rings (SSSR count). The van der Waals surface area contributed by atoms with E-state index in [-0.39, 0.29) is 0 Å². The fourth-order valence-corrected chi connectivity index (χ4v) is 3.31. The van der Waals surface area contributed by atoms with Gasteiger partial charge >= 0.3 is 0 Å². The Labute approximate surface area is 163 Å². The molecule has 0 saturated heterocycles. The Balaban J connectivity index is 1.59.